The lowest BCUT2D eigenvalue weighted by atomic mass is 9.93. The predicted molar refractivity (Wildman–Crippen MR) is 76.4 cm³/mol. The van der Waals surface area contributed by atoms with E-state index in [4.69, 9.17) is 5.73 Å². The number of rotatable bonds is 5. The van der Waals surface area contributed by atoms with Gasteiger partial charge in [0.25, 0.3) is 0 Å². The molecule has 0 heterocycles. The Morgan fingerprint density at radius 3 is 2.41 bits per heavy atom. The first-order chi connectivity index (χ1) is 7.78. The number of benzene rings is 1. The monoisotopic (exact) mass is 235 g/mol. The molecule has 0 saturated carbocycles. The van der Waals surface area contributed by atoms with Crippen molar-refractivity contribution in [3.05, 3.63) is 23.8 Å². The van der Waals surface area contributed by atoms with E-state index in [1.807, 2.05) is 12.1 Å². The van der Waals surface area contributed by atoms with Crippen LogP contribution >= 0.6 is 0 Å². The second kappa shape index (κ2) is 5.41. The largest absolute Gasteiger partial charge is 0.399 e. The van der Waals surface area contributed by atoms with Gasteiger partial charge in [-0.1, -0.05) is 13.8 Å². The Hall–Kier alpha value is -1.22. The van der Waals surface area contributed by atoms with Crippen LogP contribution in [-0.4, -0.2) is 32.1 Å². The highest BCUT2D eigenvalue weighted by molar-refractivity contribution is 5.56. The van der Waals surface area contributed by atoms with E-state index in [0.717, 1.165) is 24.5 Å². The Bertz CT molecular complexity index is 349. The Labute approximate surface area is 105 Å². The van der Waals surface area contributed by atoms with E-state index in [-0.39, 0.29) is 5.41 Å². The van der Waals surface area contributed by atoms with Gasteiger partial charge in [0.2, 0.25) is 0 Å². The Kier molecular flexibility index (Phi) is 4.40. The summed E-state index contributed by atoms with van der Waals surface area (Å²) >= 11 is 0. The molecule has 3 N–H and O–H groups in total. The number of hydrogen-bond donors (Lipinski definition) is 2. The van der Waals surface area contributed by atoms with Gasteiger partial charge < -0.3 is 16.0 Å². The molecule has 3 nitrogen and oxygen atoms in total. The van der Waals surface area contributed by atoms with Crippen molar-refractivity contribution >= 4 is 11.4 Å². The zero-order valence-electron chi connectivity index (χ0n) is 11.7. The molecule has 1 aromatic carbocycles. The van der Waals surface area contributed by atoms with Gasteiger partial charge >= 0.3 is 0 Å². The van der Waals surface area contributed by atoms with E-state index in [9.17, 15) is 0 Å². The van der Waals surface area contributed by atoms with Crippen LogP contribution in [-0.2, 0) is 0 Å². The fraction of sp³-hybridized carbons (Fsp3) is 0.571. The van der Waals surface area contributed by atoms with Crippen molar-refractivity contribution in [1.82, 2.24) is 4.90 Å². The molecular formula is C14H25N3. The van der Waals surface area contributed by atoms with E-state index in [0.29, 0.717) is 0 Å². The predicted octanol–water partition coefficient (Wildman–Crippen LogP) is 2.58. The minimum absolute atomic E-state index is 0.238. The molecule has 3 heteroatoms. The number of hydrogen-bond acceptors (Lipinski definition) is 3. The minimum atomic E-state index is 0.238. The Balaban J connectivity index is 2.60. The van der Waals surface area contributed by atoms with E-state index < -0.39 is 0 Å². The fourth-order valence-electron chi connectivity index (χ4n) is 2.17. The maximum atomic E-state index is 5.83. The minimum Gasteiger partial charge on any atom is -0.399 e. The second-order valence-corrected chi connectivity index (χ2v) is 5.89. The Morgan fingerprint density at radius 2 is 1.88 bits per heavy atom. The van der Waals surface area contributed by atoms with Gasteiger partial charge in [-0.25, -0.2) is 0 Å². The lowest BCUT2D eigenvalue weighted by Gasteiger charge is -2.29. The summed E-state index contributed by atoms with van der Waals surface area (Å²) in [5.41, 5.74) is 9.19. The quantitative estimate of drug-likeness (QED) is 0.771. The number of anilines is 2. The van der Waals surface area contributed by atoms with E-state index in [1.54, 1.807) is 0 Å². The SMILES string of the molecule is Cc1cc(N)cc(NCC(C)(C)CN(C)C)c1. The summed E-state index contributed by atoms with van der Waals surface area (Å²) in [4.78, 5) is 2.21. The molecule has 0 saturated heterocycles. The summed E-state index contributed by atoms with van der Waals surface area (Å²) < 4.78 is 0. The van der Waals surface area contributed by atoms with Gasteiger partial charge in [-0.15, -0.1) is 0 Å². The van der Waals surface area contributed by atoms with Crippen molar-refractivity contribution in [1.29, 1.82) is 0 Å². The molecule has 17 heavy (non-hydrogen) atoms. The molecule has 0 radical (unpaired) electrons. The third-order valence-electron chi connectivity index (χ3n) is 2.62. The van der Waals surface area contributed by atoms with Crippen LogP contribution in [0.15, 0.2) is 18.2 Å². The highest BCUT2D eigenvalue weighted by Gasteiger charge is 2.18. The molecule has 0 aromatic heterocycles. The highest BCUT2D eigenvalue weighted by Crippen LogP contribution is 2.20. The molecule has 1 aromatic rings. The molecule has 0 spiro atoms. The molecule has 0 fully saturated rings. The summed E-state index contributed by atoms with van der Waals surface area (Å²) in [6, 6.07) is 6.09. The number of nitrogens with one attached hydrogen (secondary N) is 1. The van der Waals surface area contributed by atoms with Crippen LogP contribution < -0.4 is 11.1 Å². The average molecular weight is 235 g/mol. The van der Waals surface area contributed by atoms with Crippen LogP contribution in [0, 0.1) is 12.3 Å². The molecule has 0 aliphatic carbocycles. The van der Waals surface area contributed by atoms with Gasteiger partial charge in [0.05, 0.1) is 0 Å². The van der Waals surface area contributed by atoms with Crippen LogP contribution in [0.3, 0.4) is 0 Å². The van der Waals surface area contributed by atoms with E-state index in [1.165, 1.54) is 5.56 Å². The fourth-order valence-corrected chi connectivity index (χ4v) is 2.17. The number of nitrogen functional groups attached to an aromatic ring is 1. The highest BCUT2D eigenvalue weighted by atomic mass is 15.1. The van der Waals surface area contributed by atoms with Crippen LogP contribution in [0.4, 0.5) is 11.4 Å². The standard InChI is InChI=1S/C14H25N3/c1-11-6-12(15)8-13(7-11)16-9-14(2,3)10-17(4)5/h6-8,16H,9-10,15H2,1-5H3. The van der Waals surface area contributed by atoms with Gasteiger partial charge in [0.1, 0.15) is 0 Å². The molecule has 0 bridgehead atoms. The van der Waals surface area contributed by atoms with Crippen LogP contribution in [0.5, 0.6) is 0 Å². The van der Waals surface area contributed by atoms with Crippen molar-refractivity contribution in [2.24, 2.45) is 5.41 Å². The van der Waals surface area contributed by atoms with Gasteiger partial charge in [0.15, 0.2) is 0 Å². The normalized spacial score (nSPS) is 11.9. The second-order valence-electron chi connectivity index (χ2n) is 5.89. The van der Waals surface area contributed by atoms with Gasteiger partial charge in [0, 0.05) is 24.5 Å². The zero-order chi connectivity index (χ0) is 13.1. The van der Waals surface area contributed by atoms with Gasteiger partial charge in [-0.2, -0.15) is 0 Å². The lowest BCUT2D eigenvalue weighted by molar-refractivity contribution is 0.254. The maximum Gasteiger partial charge on any atom is 0.0363 e. The smallest absolute Gasteiger partial charge is 0.0363 e. The Morgan fingerprint density at radius 1 is 1.24 bits per heavy atom. The zero-order valence-corrected chi connectivity index (χ0v) is 11.7. The molecular weight excluding hydrogens is 210 g/mol. The van der Waals surface area contributed by atoms with Crippen molar-refractivity contribution in [2.45, 2.75) is 20.8 Å². The summed E-state index contributed by atoms with van der Waals surface area (Å²) in [6.45, 7) is 8.58. The first-order valence-electron chi connectivity index (χ1n) is 6.04. The number of aryl methyl sites for hydroxylation is 1. The third-order valence-corrected chi connectivity index (χ3v) is 2.62. The summed E-state index contributed by atoms with van der Waals surface area (Å²) in [7, 11) is 4.21. The molecule has 96 valence electrons. The number of nitrogens with zero attached hydrogens (tertiary/aromatic N) is 1. The lowest BCUT2D eigenvalue weighted by Crippen LogP contribution is -2.34. The van der Waals surface area contributed by atoms with Crippen LogP contribution in [0.2, 0.25) is 0 Å². The average Bonchev–Trinajstić information content (AvgIpc) is 2.11. The summed E-state index contributed by atoms with van der Waals surface area (Å²) in [5.74, 6) is 0. The molecule has 0 aliphatic rings. The molecule has 1 rings (SSSR count). The third kappa shape index (κ3) is 5.09. The van der Waals surface area contributed by atoms with E-state index >= 15 is 0 Å². The maximum absolute atomic E-state index is 5.83. The molecule has 0 amide bonds. The van der Waals surface area contributed by atoms with Gasteiger partial charge in [-0.05, 0) is 50.2 Å². The van der Waals surface area contributed by atoms with Gasteiger partial charge in [-0.3, -0.25) is 0 Å². The number of nitrogens with two attached hydrogens (primary N) is 1. The summed E-state index contributed by atoms with van der Waals surface area (Å²) in [6.07, 6.45) is 0. The van der Waals surface area contributed by atoms with Crippen molar-refractivity contribution in [2.75, 3.05) is 38.2 Å². The van der Waals surface area contributed by atoms with Crippen molar-refractivity contribution < 1.29 is 0 Å². The first kappa shape index (κ1) is 13.8. The van der Waals surface area contributed by atoms with Crippen LogP contribution in [0.1, 0.15) is 19.4 Å². The van der Waals surface area contributed by atoms with Crippen LogP contribution in [0.25, 0.3) is 0 Å². The first-order valence-corrected chi connectivity index (χ1v) is 6.04. The van der Waals surface area contributed by atoms with E-state index in [2.05, 4.69) is 51.1 Å². The molecule has 0 aliphatic heterocycles. The molecule has 0 unspecified atom stereocenters. The van der Waals surface area contributed by atoms with Crippen molar-refractivity contribution in [3.8, 4) is 0 Å². The topological polar surface area (TPSA) is 41.3 Å². The molecule has 0 atom stereocenters. The van der Waals surface area contributed by atoms with Crippen molar-refractivity contribution in [3.63, 3.8) is 0 Å². The summed E-state index contributed by atoms with van der Waals surface area (Å²) in [5, 5.41) is 3.47.